The molecule has 0 aromatic heterocycles. The molecule has 0 saturated carbocycles. The summed E-state index contributed by atoms with van der Waals surface area (Å²) in [6.07, 6.45) is 0.505. The third-order valence-corrected chi connectivity index (χ3v) is 3.87. The molecule has 0 fully saturated rings. The standard InChI is InChI=1S/C15H28N4O7/c1-4-7(2)11(14(24)17-8(3)15(25)26)19-13(23)10(6-21)18-12(22)9(16)5-20/h7-11,20-21H,4-6,16H2,1-3H3,(H,17,24)(H,18,22)(H,19,23)(H,25,26). The lowest BCUT2D eigenvalue weighted by atomic mass is 9.97. The second-order valence-corrected chi connectivity index (χ2v) is 5.97. The molecule has 11 nitrogen and oxygen atoms in total. The number of carboxylic acid groups (broad SMARTS) is 1. The van der Waals surface area contributed by atoms with E-state index in [0.717, 1.165) is 0 Å². The van der Waals surface area contributed by atoms with Gasteiger partial charge in [-0.3, -0.25) is 19.2 Å². The molecular formula is C15H28N4O7. The Kier molecular flexibility index (Phi) is 10.4. The van der Waals surface area contributed by atoms with Gasteiger partial charge in [0.05, 0.1) is 13.2 Å². The number of hydrogen-bond donors (Lipinski definition) is 7. The van der Waals surface area contributed by atoms with E-state index in [1.54, 1.807) is 13.8 Å². The maximum absolute atomic E-state index is 12.3. The summed E-state index contributed by atoms with van der Waals surface area (Å²) in [7, 11) is 0. The van der Waals surface area contributed by atoms with Crippen LogP contribution < -0.4 is 21.7 Å². The molecule has 11 heteroatoms. The molecule has 0 radical (unpaired) electrons. The largest absolute Gasteiger partial charge is 0.480 e. The number of nitrogens with one attached hydrogen (secondary N) is 3. The number of rotatable bonds is 11. The second-order valence-electron chi connectivity index (χ2n) is 5.97. The fourth-order valence-corrected chi connectivity index (χ4v) is 1.88. The van der Waals surface area contributed by atoms with Crippen LogP contribution in [0.25, 0.3) is 0 Å². The van der Waals surface area contributed by atoms with E-state index in [0.29, 0.717) is 6.42 Å². The van der Waals surface area contributed by atoms with Gasteiger partial charge in [0.2, 0.25) is 17.7 Å². The van der Waals surface area contributed by atoms with Crippen molar-refractivity contribution in [3.05, 3.63) is 0 Å². The van der Waals surface area contributed by atoms with Crippen molar-refractivity contribution in [2.75, 3.05) is 13.2 Å². The van der Waals surface area contributed by atoms with Crippen LogP contribution in [0.4, 0.5) is 0 Å². The molecule has 0 heterocycles. The Morgan fingerprint density at radius 3 is 1.92 bits per heavy atom. The van der Waals surface area contributed by atoms with E-state index in [9.17, 15) is 24.3 Å². The molecule has 0 aliphatic carbocycles. The summed E-state index contributed by atoms with van der Waals surface area (Å²) in [5.74, 6) is -3.95. The van der Waals surface area contributed by atoms with Crippen molar-refractivity contribution >= 4 is 23.7 Å². The lowest BCUT2D eigenvalue weighted by molar-refractivity contribution is -0.142. The van der Waals surface area contributed by atoms with Gasteiger partial charge < -0.3 is 37.0 Å². The van der Waals surface area contributed by atoms with Gasteiger partial charge in [0.1, 0.15) is 24.2 Å². The van der Waals surface area contributed by atoms with Crippen LogP contribution in [0.15, 0.2) is 0 Å². The highest BCUT2D eigenvalue weighted by molar-refractivity contribution is 5.94. The van der Waals surface area contributed by atoms with Crippen molar-refractivity contribution in [3.63, 3.8) is 0 Å². The van der Waals surface area contributed by atoms with Gasteiger partial charge >= 0.3 is 5.97 Å². The first-order valence-electron chi connectivity index (χ1n) is 8.20. The minimum Gasteiger partial charge on any atom is -0.480 e. The highest BCUT2D eigenvalue weighted by atomic mass is 16.4. The van der Waals surface area contributed by atoms with Crippen molar-refractivity contribution < 1.29 is 34.5 Å². The Labute approximate surface area is 151 Å². The fraction of sp³-hybridized carbons (Fsp3) is 0.733. The van der Waals surface area contributed by atoms with Crippen LogP contribution in [-0.2, 0) is 19.2 Å². The normalized spacial score (nSPS) is 16.5. The van der Waals surface area contributed by atoms with Crippen molar-refractivity contribution in [1.82, 2.24) is 16.0 Å². The molecule has 0 rings (SSSR count). The first-order valence-corrected chi connectivity index (χ1v) is 8.20. The number of carbonyl (C=O) groups is 4. The monoisotopic (exact) mass is 376 g/mol. The number of nitrogens with two attached hydrogens (primary N) is 1. The zero-order chi connectivity index (χ0) is 20.4. The van der Waals surface area contributed by atoms with Crippen LogP contribution in [0.3, 0.4) is 0 Å². The molecule has 26 heavy (non-hydrogen) atoms. The van der Waals surface area contributed by atoms with Crippen molar-refractivity contribution in [3.8, 4) is 0 Å². The smallest absolute Gasteiger partial charge is 0.325 e. The lowest BCUT2D eigenvalue weighted by Crippen LogP contribution is -2.59. The topological polar surface area (TPSA) is 191 Å². The zero-order valence-electron chi connectivity index (χ0n) is 15.1. The van der Waals surface area contributed by atoms with Gasteiger partial charge in [-0.1, -0.05) is 20.3 Å². The summed E-state index contributed by atoms with van der Waals surface area (Å²) in [5.41, 5.74) is 5.33. The van der Waals surface area contributed by atoms with E-state index in [2.05, 4.69) is 16.0 Å². The van der Waals surface area contributed by atoms with Crippen molar-refractivity contribution in [1.29, 1.82) is 0 Å². The summed E-state index contributed by atoms with van der Waals surface area (Å²) in [5, 5.41) is 33.9. The first kappa shape index (κ1) is 23.8. The van der Waals surface area contributed by atoms with Crippen LogP contribution in [0, 0.1) is 5.92 Å². The number of amides is 3. The van der Waals surface area contributed by atoms with Gasteiger partial charge in [-0.25, -0.2) is 0 Å². The van der Waals surface area contributed by atoms with Crippen LogP contribution in [0.5, 0.6) is 0 Å². The summed E-state index contributed by atoms with van der Waals surface area (Å²) < 4.78 is 0. The molecule has 5 atom stereocenters. The van der Waals surface area contributed by atoms with E-state index in [1.807, 2.05) is 0 Å². The highest BCUT2D eigenvalue weighted by Gasteiger charge is 2.31. The average Bonchev–Trinajstić information content (AvgIpc) is 2.61. The minimum absolute atomic E-state index is 0.338. The second kappa shape index (κ2) is 11.4. The number of aliphatic hydroxyl groups excluding tert-OH is 2. The van der Waals surface area contributed by atoms with Gasteiger partial charge in [0.15, 0.2) is 0 Å². The van der Waals surface area contributed by atoms with Gasteiger partial charge in [0, 0.05) is 0 Å². The molecule has 8 N–H and O–H groups in total. The quantitative estimate of drug-likeness (QED) is 0.197. The minimum atomic E-state index is -1.38. The molecule has 0 aliphatic rings. The number of carboxylic acids is 1. The first-order chi connectivity index (χ1) is 12.1. The molecule has 0 aliphatic heterocycles. The van der Waals surface area contributed by atoms with E-state index in [4.69, 9.17) is 15.9 Å². The molecule has 0 spiro atoms. The zero-order valence-corrected chi connectivity index (χ0v) is 15.1. The molecule has 0 aromatic rings. The number of hydrogen-bond acceptors (Lipinski definition) is 7. The molecule has 0 bridgehead atoms. The molecule has 150 valence electrons. The number of carbonyl (C=O) groups excluding carboxylic acids is 3. The van der Waals surface area contributed by atoms with Crippen LogP contribution >= 0.6 is 0 Å². The third-order valence-electron chi connectivity index (χ3n) is 3.87. The Morgan fingerprint density at radius 1 is 0.923 bits per heavy atom. The van der Waals surface area contributed by atoms with E-state index in [-0.39, 0.29) is 5.92 Å². The maximum atomic E-state index is 12.3. The fourth-order valence-electron chi connectivity index (χ4n) is 1.88. The SMILES string of the molecule is CCC(C)C(NC(=O)C(CO)NC(=O)C(N)CO)C(=O)NC(C)C(=O)O. The predicted octanol–water partition coefficient (Wildman–Crippen LogP) is -3.10. The molecule has 5 unspecified atom stereocenters. The number of aliphatic hydroxyl groups is 2. The van der Waals surface area contributed by atoms with Crippen molar-refractivity contribution in [2.45, 2.75) is 51.4 Å². The summed E-state index contributed by atoms with van der Waals surface area (Å²) in [4.78, 5) is 47.1. The Hall–Kier alpha value is -2.24. The third kappa shape index (κ3) is 7.33. The highest BCUT2D eigenvalue weighted by Crippen LogP contribution is 2.09. The van der Waals surface area contributed by atoms with Gasteiger partial charge in [-0.05, 0) is 12.8 Å². The predicted molar refractivity (Wildman–Crippen MR) is 90.7 cm³/mol. The van der Waals surface area contributed by atoms with Gasteiger partial charge in [0.25, 0.3) is 0 Å². The Bertz CT molecular complexity index is 514. The van der Waals surface area contributed by atoms with Crippen molar-refractivity contribution in [2.24, 2.45) is 11.7 Å². The molecule has 0 aromatic carbocycles. The summed E-state index contributed by atoms with van der Waals surface area (Å²) in [6.45, 7) is 3.35. The molecular weight excluding hydrogens is 348 g/mol. The molecule has 0 saturated heterocycles. The summed E-state index contributed by atoms with van der Waals surface area (Å²) in [6, 6.07) is -4.85. The Morgan fingerprint density at radius 2 is 1.50 bits per heavy atom. The van der Waals surface area contributed by atoms with Crippen LogP contribution in [0.2, 0.25) is 0 Å². The lowest BCUT2D eigenvalue weighted by Gasteiger charge is -2.27. The summed E-state index contributed by atoms with van der Waals surface area (Å²) >= 11 is 0. The number of aliphatic carboxylic acids is 1. The van der Waals surface area contributed by atoms with E-state index < -0.39 is 61.1 Å². The average molecular weight is 376 g/mol. The van der Waals surface area contributed by atoms with Crippen LogP contribution in [0.1, 0.15) is 27.2 Å². The van der Waals surface area contributed by atoms with Gasteiger partial charge in [-0.15, -0.1) is 0 Å². The van der Waals surface area contributed by atoms with E-state index in [1.165, 1.54) is 6.92 Å². The van der Waals surface area contributed by atoms with Crippen LogP contribution in [-0.4, -0.2) is 76.4 Å². The Balaban J connectivity index is 5.12. The molecule has 3 amide bonds. The van der Waals surface area contributed by atoms with Gasteiger partial charge in [-0.2, -0.15) is 0 Å². The maximum Gasteiger partial charge on any atom is 0.325 e. The van der Waals surface area contributed by atoms with E-state index >= 15 is 0 Å².